The molecule has 0 saturated heterocycles. The average Bonchev–Trinajstić information content (AvgIpc) is 3.55. The molecule has 4 rings (SSSR count). The molecule has 39 heavy (non-hydrogen) atoms. The van der Waals surface area contributed by atoms with Crippen molar-refractivity contribution in [2.75, 3.05) is 7.11 Å². The van der Waals surface area contributed by atoms with E-state index in [-0.39, 0.29) is 18.2 Å². The van der Waals surface area contributed by atoms with E-state index in [0.717, 1.165) is 10.9 Å². The van der Waals surface area contributed by atoms with E-state index in [1.807, 2.05) is 38.1 Å². The van der Waals surface area contributed by atoms with Crippen LogP contribution in [0.25, 0.3) is 28.0 Å². The summed E-state index contributed by atoms with van der Waals surface area (Å²) in [4.78, 5) is 42.6. The molecule has 2 aromatic carbocycles. The molecule has 0 bridgehead atoms. The van der Waals surface area contributed by atoms with Crippen molar-refractivity contribution in [3.05, 3.63) is 66.1 Å². The fourth-order valence-corrected chi connectivity index (χ4v) is 4.42. The molecule has 4 aromatic rings. The number of halogens is 1. The van der Waals surface area contributed by atoms with Crippen LogP contribution in [0.4, 0.5) is 4.39 Å². The number of amides is 2. The third-order valence-corrected chi connectivity index (χ3v) is 6.67. The van der Waals surface area contributed by atoms with Crippen LogP contribution in [0.15, 0.2) is 54.7 Å². The zero-order chi connectivity index (χ0) is 28.1. The van der Waals surface area contributed by atoms with Gasteiger partial charge in [0.1, 0.15) is 23.6 Å². The number of fused-ring (bicyclic) bond motifs is 1. The third kappa shape index (κ3) is 6.14. The maximum Gasteiger partial charge on any atom is 0.328 e. The van der Waals surface area contributed by atoms with E-state index < -0.39 is 29.9 Å². The van der Waals surface area contributed by atoms with Gasteiger partial charge in [0.15, 0.2) is 5.82 Å². The normalized spacial score (nSPS) is 13.5. The second kappa shape index (κ2) is 11.9. The zero-order valence-corrected chi connectivity index (χ0v) is 22.2. The molecule has 2 amide bonds. The number of nitrogens with one attached hydrogen (secondary N) is 3. The lowest BCUT2D eigenvalue weighted by Gasteiger charge is -2.25. The van der Waals surface area contributed by atoms with Crippen molar-refractivity contribution in [1.82, 2.24) is 30.6 Å². The van der Waals surface area contributed by atoms with Crippen molar-refractivity contribution in [1.29, 1.82) is 0 Å². The van der Waals surface area contributed by atoms with E-state index in [4.69, 9.17) is 4.74 Å². The summed E-state index contributed by atoms with van der Waals surface area (Å²) in [5.41, 5.74) is 2.48. The molecule has 0 radical (unpaired) electrons. The number of nitrogens with zero attached hydrogens (tertiary/aromatic N) is 3. The smallest absolute Gasteiger partial charge is 0.328 e. The molecule has 204 valence electrons. The van der Waals surface area contributed by atoms with Gasteiger partial charge in [0.05, 0.1) is 13.3 Å². The Morgan fingerprint density at radius 1 is 1.13 bits per heavy atom. The Labute approximate surface area is 224 Å². The first-order chi connectivity index (χ1) is 18.7. The predicted octanol–water partition coefficient (Wildman–Crippen LogP) is 3.31. The van der Waals surface area contributed by atoms with Crippen LogP contribution in [-0.2, 0) is 25.5 Å². The topological polar surface area (TPSA) is 131 Å². The van der Waals surface area contributed by atoms with Crippen molar-refractivity contribution < 1.29 is 23.5 Å². The lowest BCUT2D eigenvalue weighted by molar-refractivity contribution is -0.146. The van der Waals surface area contributed by atoms with Crippen LogP contribution in [0.1, 0.15) is 32.8 Å². The van der Waals surface area contributed by atoms with Crippen molar-refractivity contribution >= 4 is 28.7 Å². The molecule has 3 atom stereocenters. The molecular weight excluding hydrogens is 503 g/mol. The van der Waals surface area contributed by atoms with Gasteiger partial charge in [0.25, 0.3) is 0 Å². The van der Waals surface area contributed by atoms with E-state index in [9.17, 15) is 18.8 Å². The quantitative estimate of drug-likeness (QED) is 0.268. The van der Waals surface area contributed by atoms with Crippen LogP contribution < -0.4 is 10.6 Å². The molecule has 0 unspecified atom stereocenters. The van der Waals surface area contributed by atoms with Gasteiger partial charge in [-0.1, -0.05) is 50.6 Å². The summed E-state index contributed by atoms with van der Waals surface area (Å²) in [5.74, 6) is -1.56. The number of rotatable bonds is 10. The first-order valence-electron chi connectivity index (χ1n) is 12.6. The number of carbonyl (C=O) groups is 3. The highest BCUT2D eigenvalue weighted by molar-refractivity contribution is 5.92. The number of H-pyrrole nitrogens is 1. The van der Waals surface area contributed by atoms with E-state index in [2.05, 4.69) is 25.8 Å². The van der Waals surface area contributed by atoms with Gasteiger partial charge in [-0.25, -0.2) is 9.18 Å². The van der Waals surface area contributed by atoms with Gasteiger partial charge in [0.2, 0.25) is 11.8 Å². The molecule has 0 aliphatic carbocycles. The van der Waals surface area contributed by atoms with E-state index in [0.29, 0.717) is 29.1 Å². The molecule has 10 nitrogen and oxygen atoms in total. The molecule has 0 aliphatic rings. The Hall–Kier alpha value is -4.54. The van der Waals surface area contributed by atoms with Crippen LogP contribution in [0.5, 0.6) is 0 Å². The van der Waals surface area contributed by atoms with Crippen LogP contribution >= 0.6 is 0 Å². The molecular formula is C28H31FN6O4. The van der Waals surface area contributed by atoms with Crippen LogP contribution in [-0.4, -0.2) is 57.0 Å². The number of hydrogen-bond acceptors (Lipinski definition) is 6. The minimum atomic E-state index is -1.00. The van der Waals surface area contributed by atoms with E-state index in [1.165, 1.54) is 37.2 Å². The summed E-state index contributed by atoms with van der Waals surface area (Å²) in [7, 11) is 1.27. The molecule has 2 aromatic heterocycles. The monoisotopic (exact) mass is 534 g/mol. The van der Waals surface area contributed by atoms with Crippen LogP contribution in [0.3, 0.4) is 0 Å². The number of hydrogen-bond donors (Lipinski definition) is 3. The average molecular weight is 535 g/mol. The van der Waals surface area contributed by atoms with E-state index >= 15 is 0 Å². The summed E-state index contributed by atoms with van der Waals surface area (Å²) in [6.45, 7) is 5.07. The maximum atomic E-state index is 13.8. The molecule has 0 fully saturated rings. The molecule has 0 aliphatic heterocycles. The minimum absolute atomic E-state index is 0.0794. The fourth-order valence-electron chi connectivity index (χ4n) is 4.42. The van der Waals surface area contributed by atoms with Gasteiger partial charge in [-0.05, 0) is 24.1 Å². The van der Waals surface area contributed by atoms with Gasteiger partial charge >= 0.3 is 5.97 Å². The summed E-state index contributed by atoms with van der Waals surface area (Å²) in [6.07, 6.45) is 2.24. The number of esters is 1. The Balaban J connectivity index is 1.72. The third-order valence-electron chi connectivity index (χ3n) is 6.67. The highest BCUT2D eigenvalue weighted by atomic mass is 19.1. The second-order valence-corrected chi connectivity index (χ2v) is 9.38. The number of methoxy groups -OCH3 is 1. The first-order valence-corrected chi connectivity index (χ1v) is 12.6. The predicted molar refractivity (Wildman–Crippen MR) is 143 cm³/mol. The van der Waals surface area contributed by atoms with Gasteiger partial charge in [-0.2, -0.15) is 5.10 Å². The minimum Gasteiger partial charge on any atom is -0.467 e. The van der Waals surface area contributed by atoms with Crippen molar-refractivity contribution in [3.63, 3.8) is 0 Å². The highest BCUT2D eigenvalue weighted by Crippen LogP contribution is 2.27. The first kappa shape index (κ1) is 27.5. The summed E-state index contributed by atoms with van der Waals surface area (Å²) in [6, 6.07) is 11.7. The molecule has 0 spiro atoms. The zero-order valence-electron chi connectivity index (χ0n) is 22.2. The number of para-hydroxylation sites is 1. The number of ether oxygens (including phenoxy) is 1. The van der Waals surface area contributed by atoms with Crippen molar-refractivity contribution in [2.45, 2.75) is 45.7 Å². The van der Waals surface area contributed by atoms with Gasteiger partial charge in [0, 0.05) is 35.4 Å². The lowest BCUT2D eigenvalue weighted by atomic mass is 9.97. The summed E-state index contributed by atoms with van der Waals surface area (Å²) < 4.78 is 18.7. The van der Waals surface area contributed by atoms with Gasteiger partial charge < -0.3 is 20.4 Å². The van der Waals surface area contributed by atoms with Gasteiger partial charge in [-0.3, -0.25) is 9.59 Å². The van der Waals surface area contributed by atoms with Crippen LogP contribution in [0.2, 0.25) is 0 Å². The molecule has 11 heteroatoms. The summed E-state index contributed by atoms with van der Waals surface area (Å²) >= 11 is 0. The second-order valence-electron chi connectivity index (χ2n) is 9.38. The van der Waals surface area contributed by atoms with E-state index in [1.54, 1.807) is 12.1 Å². The highest BCUT2D eigenvalue weighted by Gasteiger charge is 2.31. The number of benzene rings is 2. The standard InChI is InChI=1S/C28H31FN6O4/c1-5-16(2)25(28(38)39-4)33-27(37)23(31-17(3)36)14-21-20-11-6-7-12-22(20)32-26(21)35-30-15-24(34-35)18-9-8-10-19(29)13-18/h6-13,15-16,23,25,32H,5,14H2,1-4H3,(H,31,36)(H,33,37)/t16-,23-,25-/m0/s1. The fraction of sp³-hybridized carbons (Fsp3) is 0.321. The maximum absolute atomic E-state index is 13.8. The Kier molecular flexibility index (Phi) is 8.38. The Morgan fingerprint density at radius 3 is 2.59 bits per heavy atom. The molecule has 3 N–H and O–H groups in total. The Morgan fingerprint density at radius 2 is 1.90 bits per heavy atom. The molecule has 2 heterocycles. The number of aromatic amines is 1. The van der Waals surface area contributed by atoms with Crippen molar-refractivity contribution in [2.24, 2.45) is 5.92 Å². The van der Waals surface area contributed by atoms with Crippen molar-refractivity contribution in [3.8, 4) is 17.1 Å². The number of carbonyl (C=O) groups excluding carboxylic acids is 3. The largest absolute Gasteiger partial charge is 0.467 e. The molecule has 0 saturated carbocycles. The van der Waals surface area contributed by atoms with Gasteiger partial charge in [-0.15, -0.1) is 9.90 Å². The summed E-state index contributed by atoms with van der Waals surface area (Å²) in [5, 5.41) is 15.2. The number of aromatic nitrogens is 4. The lowest BCUT2D eigenvalue weighted by Crippen LogP contribution is -2.54. The SMILES string of the molecule is CC[C@H](C)[C@H](NC(=O)[C@H](Cc1c(-n2ncc(-c3cccc(F)c3)n2)[nH]c2ccccc12)NC(C)=O)C(=O)OC. The Bertz CT molecular complexity index is 1500. The van der Waals surface area contributed by atoms with Crippen LogP contribution in [0, 0.1) is 11.7 Å².